The standard InChI is InChI=1S/C8H4I2O2/c9-6-1-4-3-12-8(11)5(4)2-7(6)10/h1-2H,3H2. The van der Waals surface area contributed by atoms with E-state index in [0.29, 0.717) is 6.61 Å². The number of rotatable bonds is 0. The first kappa shape index (κ1) is 8.74. The van der Waals surface area contributed by atoms with Gasteiger partial charge in [0.1, 0.15) is 6.61 Å². The predicted octanol–water partition coefficient (Wildman–Crippen LogP) is 2.57. The van der Waals surface area contributed by atoms with Gasteiger partial charge in [0.25, 0.3) is 0 Å². The molecule has 1 aliphatic heterocycles. The number of hydrogen-bond acceptors (Lipinski definition) is 2. The molecule has 12 heavy (non-hydrogen) atoms. The minimum atomic E-state index is -0.195. The van der Waals surface area contributed by atoms with Crippen LogP contribution >= 0.6 is 45.2 Å². The molecule has 2 rings (SSSR count). The fourth-order valence-electron chi connectivity index (χ4n) is 1.12. The number of halogens is 2. The summed E-state index contributed by atoms with van der Waals surface area (Å²) in [6.45, 7) is 0.432. The van der Waals surface area contributed by atoms with Gasteiger partial charge >= 0.3 is 5.97 Å². The summed E-state index contributed by atoms with van der Waals surface area (Å²) in [6.07, 6.45) is 0. The molecule has 1 heterocycles. The van der Waals surface area contributed by atoms with Crippen molar-refractivity contribution < 1.29 is 9.53 Å². The summed E-state index contributed by atoms with van der Waals surface area (Å²) in [7, 11) is 0. The normalized spacial score (nSPS) is 14.3. The zero-order chi connectivity index (χ0) is 8.72. The van der Waals surface area contributed by atoms with Crippen LogP contribution in [0.2, 0.25) is 0 Å². The number of benzene rings is 1. The zero-order valence-electron chi connectivity index (χ0n) is 5.93. The highest BCUT2D eigenvalue weighted by atomic mass is 127. The van der Waals surface area contributed by atoms with Crippen LogP contribution in [0, 0.1) is 7.14 Å². The Kier molecular flexibility index (Phi) is 2.28. The fourth-order valence-corrected chi connectivity index (χ4v) is 2.12. The van der Waals surface area contributed by atoms with Gasteiger partial charge in [-0.15, -0.1) is 0 Å². The highest BCUT2D eigenvalue weighted by Gasteiger charge is 2.21. The monoisotopic (exact) mass is 386 g/mol. The smallest absolute Gasteiger partial charge is 0.338 e. The molecule has 2 nitrogen and oxygen atoms in total. The lowest BCUT2D eigenvalue weighted by Gasteiger charge is -1.97. The summed E-state index contributed by atoms with van der Waals surface area (Å²) in [5.41, 5.74) is 1.73. The molecule has 4 heteroatoms. The molecule has 0 fully saturated rings. The molecule has 0 amide bonds. The van der Waals surface area contributed by atoms with E-state index in [1.807, 2.05) is 12.1 Å². The number of fused-ring (bicyclic) bond motifs is 1. The van der Waals surface area contributed by atoms with Crippen LogP contribution in [0.25, 0.3) is 0 Å². The summed E-state index contributed by atoms with van der Waals surface area (Å²) >= 11 is 4.46. The highest BCUT2D eigenvalue weighted by molar-refractivity contribution is 14.1. The maximum atomic E-state index is 11.1. The third-order valence-corrected chi connectivity index (χ3v) is 4.54. The van der Waals surface area contributed by atoms with Gasteiger partial charge in [0.2, 0.25) is 0 Å². The molecule has 0 saturated heterocycles. The van der Waals surface area contributed by atoms with E-state index in [1.54, 1.807) is 0 Å². The van der Waals surface area contributed by atoms with Gasteiger partial charge < -0.3 is 4.74 Å². The van der Waals surface area contributed by atoms with Gasteiger partial charge in [-0.2, -0.15) is 0 Å². The Hall–Kier alpha value is 0.150. The largest absolute Gasteiger partial charge is 0.457 e. The van der Waals surface area contributed by atoms with Crippen LogP contribution in [0.5, 0.6) is 0 Å². The molecule has 0 saturated carbocycles. The van der Waals surface area contributed by atoms with Gasteiger partial charge in [0, 0.05) is 12.7 Å². The lowest BCUT2D eigenvalue weighted by atomic mass is 10.1. The lowest BCUT2D eigenvalue weighted by Crippen LogP contribution is -1.94. The van der Waals surface area contributed by atoms with Crippen LogP contribution in [0.3, 0.4) is 0 Å². The molecule has 0 bridgehead atoms. The summed E-state index contributed by atoms with van der Waals surface area (Å²) < 4.78 is 7.16. The maximum Gasteiger partial charge on any atom is 0.338 e. The quantitative estimate of drug-likeness (QED) is 0.507. The fraction of sp³-hybridized carbons (Fsp3) is 0.125. The van der Waals surface area contributed by atoms with Crippen molar-refractivity contribution in [2.24, 2.45) is 0 Å². The van der Waals surface area contributed by atoms with E-state index >= 15 is 0 Å². The zero-order valence-corrected chi connectivity index (χ0v) is 10.2. The summed E-state index contributed by atoms with van der Waals surface area (Å²) in [5, 5.41) is 0. The Balaban J connectivity index is 2.63. The summed E-state index contributed by atoms with van der Waals surface area (Å²) in [6, 6.07) is 3.88. The molecule has 0 N–H and O–H groups in total. The van der Waals surface area contributed by atoms with Gasteiger partial charge in [-0.05, 0) is 57.3 Å². The van der Waals surface area contributed by atoms with Crippen molar-refractivity contribution in [2.75, 3.05) is 0 Å². The molecule has 0 spiro atoms. The van der Waals surface area contributed by atoms with E-state index in [1.165, 1.54) is 3.57 Å². The number of esters is 1. The summed E-state index contributed by atoms with van der Waals surface area (Å²) in [4.78, 5) is 11.1. The Labute approximate surface area is 97.0 Å². The van der Waals surface area contributed by atoms with Crippen LogP contribution in [0.1, 0.15) is 15.9 Å². The van der Waals surface area contributed by atoms with E-state index in [0.717, 1.165) is 14.7 Å². The second-order valence-electron chi connectivity index (χ2n) is 2.50. The van der Waals surface area contributed by atoms with Crippen molar-refractivity contribution in [2.45, 2.75) is 6.61 Å². The average Bonchev–Trinajstić information content (AvgIpc) is 2.35. The maximum absolute atomic E-state index is 11.1. The van der Waals surface area contributed by atoms with Gasteiger partial charge in [-0.25, -0.2) is 4.79 Å². The summed E-state index contributed by atoms with van der Waals surface area (Å²) in [5.74, 6) is -0.195. The van der Waals surface area contributed by atoms with Crippen LogP contribution in [-0.4, -0.2) is 5.97 Å². The molecule has 62 valence electrons. The van der Waals surface area contributed by atoms with Crippen molar-refractivity contribution in [1.82, 2.24) is 0 Å². The highest BCUT2D eigenvalue weighted by Crippen LogP contribution is 2.25. The number of carbonyl (C=O) groups excluding carboxylic acids is 1. The van der Waals surface area contributed by atoms with Crippen molar-refractivity contribution >= 4 is 51.2 Å². The Bertz CT molecular complexity index is 360. The number of hydrogen-bond donors (Lipinski definition) is 0. The Morgan fingerprint density at radius 2 is 1.92 bits per heavy atom. The second kappa shape index (κ2) is 3.13. The van der Waals surface area contributed by atoms with Crippen LogP contribution in [-0.2, 0) is 11.3 Å². The SMILES string of the molecule is O=C1OCc2cc(I)c(I)cc21. The van der Waals surface area contributed by atoms with Gasteiger partial charge in [0.15, 0.2) is 0 Å². The van der Waals surface area contributed by atoms with Crippen molar-refractivity contribution in [3.05, 3.63) is 30.4 Å². The molecule has 0 atom stereocenters. The minimum absolute atomic E-state index is 0.195. The molecule has 1 aromatic carbocycles. The second-order valence-corrected chi connectivity index (χ2v) is 4.82. The van der Waals surface area contributed by atoms with Crippen molar-refractivity contribution in [3.63, 3.8) is 0 Å². The van der Waals surface area contributed by atoms with Crippen LogP contribution < -0.4 is 0 Å². The van der Waals surface area contributed by atoms with E-state index < -0.39 is 0 Å². The van der Waals surface area contributed by atoms with Crippen LogP contribution in [0.15, 0.2) is 12.1 Å². The Morgan fingerprint density at radius 3 is 2.67 bits per heavy atom. The van der Waals surface area contributed by atoms with Gasteiger partial charge in [0.05, 0.1) is 5.56 Å². The number of ether oxygens (including phenoxy) is 1. The first-order valence-corrected chi connectivity index (χ1v) is 5.49. The third kappa shape index (κ3) is 1.34. The molecular formula is C8H4I2O2. The van der Waals surface area contributed by atoms with E-state index in [-0.39, 0.29) is 5.97 Å². The van der Waals surface area contributed by atoms with Crippen LogP contribution in [0.4, 0.5) is 0 Å². The third-order valence-electron chi connectivity index (χ3n) is 1.72. The Morgan fingerprint density at radius 1 is 1.25 bits per heavy atom. The molecule has 0 aromatic heterocycles. The van der Waals surface area contributed by atoms with Crippen molar-refractivity contribution in [3.8, 4) is 0 Å². The first-order valence-electron chi connectivity index (χ1n) is 3.33. The molecule has 0 aliphatic carbocycles. The average molecular weight is 386 g/mol. The minimum Gasteiger partial charge on any atom is -0.457 e. The van der Waals surface area contributed by atoms with E-state index in [9.17, 15) is 4.79 Å². The first-order chi connectivity index (χ1) is 5.68. The van der Waals surface area contributed by atoms with Gasteiger partial charge in [-0.1, -0.05) is 0 Å². The lowest BCUT2D eigenvalue weighted by molar-refractivity contribution is 0.0535. The number of cyclic esters (lactones) is 1. The molecular weight excluding hydrogens is 382 g/mol. The molecule has 1 aromatic rings. The van der Waals surface area contributed by atoms with Gasteiger partial charge in [-0.3, -0.25) is 0 Å². The van der Waals surface area contributed by atoms with Crippen molar-refractivity contribution in [1.29, 1.82) is 0 Å². The molecule has 1 aliphatic rings. The topological polar surface area (TPSA) is 26.3 Å². The molecule has 0 unspecified atom stereocenters. The van der Waals surface area contributed by atoms with E-state index in [4.69, 9.17) is 4.74 Å². The van der Waals surface area contributed by atoms with E-state index in [2.05, 4.69) is 45.2 Å². The predicted molar refractivity (Wildman–Crippen MR) is 61.0 cm³/mol. The molecule has 0 radical (unpaired) electrons. The number of carbonyl (C=O) groups is 1.